The highest BCUT2D eigenvalue weighted by atomic mass is 79.9. The molecule has 0 amide bonds. The highest BCUT2D eigenvalue weighted by Crippen LogP contribution is 2.27. The van der Waals surface area contributed by atoms with E-state index in [-0.39, 0.29) is 11.1 Å². The van der Waals surface area contributed by atoms with E-state index in [0.717, 1.165) is 22.9 Å². The molecule has 2 atom stereocenters. The van der Waals surface area contributed by atoms with Crippen molar-refractivity contribution in [2.24, 2.45) is 5.92 Å². The van der Waals surface area contributed by atoms with Crippen molar-refractivity contribution < 1.29 is 4.92 Å². The Hall–Kier alpha value is -0.610. The van der Waals surface area contributed by atoms with Crippen LogP contribution in [0.25, 0.3) is 0 Å². The number of rotatable bonds is 5. The molecule has 2 unspecified atom stereocenters. The summed E-state index contributed by atoms with van der Waals surface area (Å²) in [6.07, 6.45) is 1.74. The first-order chi connectivity index (χ1) is 7.95. The number of hydrogen-bond donors (Lipinski definition) is 0. The molecule has 0 fully saturated rings. The maximum Gasteiger partial charge on any atom is 0.270 e. The van der Waals surface area contributed by atoms with Gasteiger partial charge in [-0.3, -0.25) is 10.1 Å². The molecule has 0 aliphatic heterocycles. The molecular weight excluding hydrogens is 305 g/mol. The summed E-state index contributed by atoms with van der Waals surface area (Å²) in [5.74, 6) is 0.347. The predicted molar refractivity (Wildman–Crippen MR) is 73.6 cm³/mol. The Bertz CT molecular complexity index is 411. The molecule has 94 valence electrons. The zero-order valence-electron chi connectivity index (χ0n) is 9.82. The van der Waals surface area contributed by atoms with Crippen molar-refractivity contribution in [3.8, 4) is 0 Å². The van der Waals surface area contributed by atoms with Crippen molar-refractivity contribution in [3.05, 3.63) is 38.3 Å². The van der Waals surface area contributed by atoms with Crippen molar-refractivity contribution in [1.29, 1.82) is 0 Å². The third kappa shape index (κ3) is 3.96. The van der Waals surface area contributed by atoms with E-state index in [1.807, 2.05) is 0 Å². The Balaban J connectivity index is 2.82. The highest BCUT2D eigenvalue weighted by Gasteiger charge is 2.16. The molecule has 0 saturated heterocycles. The van der Waals surface area contributed by atoms with Crippen molar-refractivity contribution >= 4 is 33.2 Å². The normalized spacial score (nSPS) is 14.4. The van der Waals surface area contributed by atoms with Crippen LogP contribution in [0.3, 0.4) is 0 Å². The van der Waals surface area contributed by atoms with Crippen LogP contribution in [-0.4, -0.2) is 10.3 Å². The third-order valence-corrected chi connectivity index (χ3v) is 4.27. The average Bonchev–Trinajstić information content (AvgIpc) is 2.30. The fourth-order valence-corrected chi connectivity index (χ4v) is 2.31. The van der Waals surface area contributed by atoms with Crippen molar-refractivity contribution in [2.45, 2.75) is 32.1 Å². The van der Waals surface area contributed by atoms with Gasteiger partial charge in [-0.2, -0.15) is 0 Å². The smallest absolute Gasteiger partial charge is 0.258 e. The lowest BCUT2D eigenvalue weighted by atomic mass is 9.96. The van der Waals surface area contributed by atoms with Gasteiger partial charge in [0, 0.05) is 22.0 Å². The van der Waals surface area contributed by atoms with Gasteiger partial charge in [-0.15, -0.1) is 11.6 Å². The van der Waals surface area contributed by atoms with Gasteiger partial charge < -0.3 is 0 Å². The molecule has 0 radical (unpaired) electrons. The summed E-state index contributed by atoms with van der Waals surface area (Å²) < 4.78 is 0.776. The summed E-state index contributed by atoms with van der Waals surface area (Å²) in [5.41, 5.74) is 1.16. The fourth-order valence-electron chi connectivity index (χ4n) is 1.69. The summed E-state index contributed by atoms with van der Waals surface area (Å²) in [6.45, 7) is 4.15. The minimum Gasteiger partial charge on any atom is -0.258 e. The minimum absolute atomic E-state index is 0.103. The molecule has 0 bridgehead atoms. The van der Waals surface area contributed by atoms with Gasteiger partial charge in [-0.05, 0) is 24.3 Å². The largest absolute Gasteiger partial charge is 0.270 e. The van der Waals surface area contributed by atoms with Crippen LogP contribution in [0.15, 0.2) is 22.7 Å². The number of halogens is 2. The van der Waals surface area contributed by atoms with Crippen LogP contribution in [0.2, 0.25) is 0 Å². The predicted octanol–water partition coefficient (Wildman–Crippen LogP) is 4.55. The number of benzene rings is 1. The maximum atomic E-state index is 10.6. The summed E-state index contributed by atoms with van der Waals surface area (Å²) >= 11 is 9.54. The molecule has 0 aliphatic rings. The first-order valence-electron chi connectivity index (χ1n) is 5.52. The molecule has 0 saturated carbocycles. The van der Waals surface area contributed by atoms with Crippen LogP contribution in [0, 0.1) is 16.0 Å². The molecular formula is C12H15BrClNO2. The third-order valence-electron chi connectivity index (χ3n) is 2.80. The van der Waals surface area contributed by atoms with Crippen LogP contribution in [0.5, 0.6) is 0 Å². The Morgan fingerprint density at radius 2 is 2.18 bits per heavy atom. The molecule has 0 aliphatic carbocycles. The van der Waals surface area contributed by atoms with E-state index < -0.39 is 4.92 Å². The van der Waals surface area contributed by atoms with Crippen LogP contribution in [0.1, 0.15) is 25.8 Å². The molecule has 3 nitrogen and oxygen atoms in total. The standard InChI is InChI=1S/C12H15BrClNO2/c1-3-12(14)8(2)6-9-4-5-10(15(16)17)7-11(9)13/h4-5,7-8,12H,3,6H2,1-2H3. The molecule has 0 spiro atoms. The second kappa shape index (κ2) is 6.36. The molecule has 5 heteroatoms. The molecule has 1 rings (SSSR count). The van der Waals surface area contributed by atoms with E-state index in [0.29, 0.717) is 5.92 Å². The van der Waals surface area contributed by atoms with Gasteiger partial charge in [-0.1, -0.05) is 35.8 Å². The Labute approximate surface area is 114 Å². The Kier molecular flexibility index (Phi) is 5.40. The quantitative estimate of drug-likeness (QED) is 0.453. The number of nitro benzene ring substituents is 1. The van der Waals surface area contributed by atoms with E-state index >= 15 is 0 Å². The molecule has 1 aromatic rings. The highest BCUT2D eigenvalue weighted by molar-refractivity contribution is 9.10. The molecule has 0 aromatic heterocycles. The maximum absolute atomic E-state index is 10.6. The van der Waals surface area contributed by atoms with Crippen LogP contribution < -0.4 is 0 Å². The number of non-ortho nitro benzene ring substituents is 1. The number of nitro groups is 1. The average molecular weight is 321 g/mol. The van der Waals surface area contributed by atoms with Gasteiger partial charge in [0.1, 0.15) is 0 Å². The van der Waals surface area contributed by atoms with Gasteiger partial charge in [-0.25, -0.2) is 0 Å². The van der Waals surface area contributed by atoms with E-state index in [9.17, 15) is 10.1 Å². The van der Waals surface area contributed by atoms with Crippen LogP contribution >= 0.6 is 27.5 Å². The van der Waals surface area contributed by atoms with E-state index in [2.05, 4.69) is 29.8 Å². The zero-order valence-corrected chi connectivity index (χ0v) is 12.2. The SMILES string of the molecule is CCC(Cl)C(C)Cc1ccc([N+](=O)[O-])cc1Br. The van der Waals surface area contributed by atoms with Crippen molar-refractivity contribution in [1.82, 2.24) is 0 Å². The topological polar surface area (TPSA) is 43.1 Å². The number of hydrogen-bond acceptors (Lipinski definition) is 2. The van der Waals surface area contributed by atoms with Gasteiger partial charge in [0.2, 0.25) is 0 Å². The summed E-state index contributed by atoms with van der Waals surface area (Å²) in [4.78, 5) is 10.2. The first-order valence-corrected chi connectivity index (χ1v) is 6.75. The summed E-state index contributed by atoms with van der Waals surface area (Å²) in [5, 5.41) is 10.7. The van der Waals surface area contributed by atoms with Crippen LogP contribution in [0.4, 0.5) is 5.69 Å². The second-order valence-electron chi connectivity index (χ2n) is 4.14. The lowest BCUT2D eigenvalue weighted by Crippen LogP contribution is -2.13. The van der Waals surface area contributed by atoms with Crippen molar-refractivity contribution in [3.63, 3.8) is 0 Å². The fraction of sp³-hybridized carbons (Fsp3) is 0.500. The Morgan fingerprint density at radius 1 is 1.53 bits per heavy atom. The summed E-state index contributed by atoms with van der Waals surface area (Å²) in [7, 11) is 0. The molecule has 0 heterocycles. The molecule has 17 heavy (non-hydrogen) atoms. The van der Waals surface area contributed by atoms with E-state index in [1.165, 1.54) is 12.1 Å². The number of alkyl halides is 1. The molecule has 1 aromatic carbocycles. The minimum atomic E-state index is -0.394. The van der Waals surface area contributed by atoms with Gasteiger partial charge >= 0.3 is 0 Å². The van der Waals surface area contributed by atoms with Gasteiger partial charge in [0.25, 0.3) is 5.69 Å². The number of nitrogens with zero attached hydrogens (tertiary/aromatic N) is 1. The van der Waals surface area contributed by atoms with Crippen molar-refractivity contribution in [2.75, 3.05) is 0 Å². The monoisotopic (exact) mass is 319 g/mol. The van der Waals surface area contributed by atoms with E-state index in [1.54, 1.807) is 6.07 Å². The summed E-state index contributed by atoms with van der Waals surface area (Å²) in [6, 6.07) is 4.86. The molecule has 0 N–H and O–H groups in total. The zero-order chi connectivity index (χ0) is 13.0. The second-order valence-corrected chi connectivity index (χ2v) is 5.55. The first kappa shape index (κ1) is 14.5. The lowest BCUT2D eigenvalue weighted by Gasteiger charge is -2.16. The van der Waals surface area contributed by atoms with Crippen LogP contribution in [-0.2, 0) is 6.42 Å². The van der Waals surface area contributed by atoms with Gasteiger partial charge in [0.05, 0.1) is 4.92 Å². The Morgan fingerprint density at radius 3 is 2.65 bits per heavy atom. The van der Waals surface area contributed by atoms with E-state index in [4.69, 9.17) is 11.6 Å². The lowest BCUT2D eigenvalue weighted by molar-refractivity contribution is -0.384. The van der Waals surface area contributed by atoms with Gasteiger partial charge in [0.15, 0.2) is 0 Å².